The third-order valence-corrected chi connectivity index (χ3v) is 4.34. The van der Waals surface area contributed by atoms with Gasteiger partial charge in [-0.1, -0.05) is 13.0 Å². The fourth-order valence-corrected chi connectivity index (χ4v) is 2.96. The molecule has 0 radical (unpaired) electrons. The molecule has 0 spiro atoms. The molecule has 1 saturated carbocycles. The zero-order chi connectivity index (χ0) is 13.9. The Morgan fingerprint density at radius 2 is 2.16 bits per heavy atom. The fraction of sp³-hybridized carbons (Fsp3) is 0.625. The van der Waals surface area contributed by atoms with Gasteiger partial charge in [0.2, 0.25) is 0 Å². The lowest BCUT2D eigenvalue weighted by molar-refractivity contribution is -0.0837. The van der Waals surface area contributed by atoms with Crippen LogP contribution >= 0.6 is 0 Å². The quantitative estimate of drug-likeness (QED) is 0.846. The molecule has 1 N–H and O–H groups in total. The molecule has 1 aliphatic rings. The summed E-state index contributed by atoms with van der Waals surface area (Å²) in [7, 11) is 1.79. The molecule has 1 aromatic carbocycles. The first-order valence-corrected chi connectivity index (χ1v) is 7.15. The zero-order valence-corrected chi connectivity index (χ0v) is 12.1. The summed E-state index contributed by atoms with van der Waals surface area (Å²) in [6.07, 6.45) is 4.37. The molecule has 0 aromatic heterocycles. The minimum atomic E-state index is -0.163. The lowest BCUT2D eigenvalue weighted by atomic mass is 9.74. The second kappa shape index (κ2) is 6.02. The third kappa shape index (κ3) is 3.15. The average Bonchev–Trinajstić information content (AvgIpc) is 2.35. The van der Waals surface area contributed by atoms with Crippen LogP contribution in [0.1, 0.15) is 49.8 Å². The molecule has 0 aliphatic heterocycles. The van der Waals surface area contributed by atoms with Gasteiger partial charge in [0.05, 0.1) is 5.60 Å². The highest BCUT2D eigenvalue weighted by Gasteiger charge is 2.39. The minimum absolute atomic E-state index is 0.00834. The second-order valence-electron chi connectivity index (χ2n) is 5.56. The van der Waals surface area contributed by atoms with Gasteiger partial charge in [-0.3, -0.25) is 0 Å². The lowest BCUT2D eigenvalue weighted by Gasteiger charge is -2.43. The molecule has 0 saturated heterocycles. The highest BCUT2D eigenvalue weighted by molar-refractivity contribution is 5.30. The smallest absolute Gasteiger partial charge is 0.123 e. The van der Waals surface area contributed by atoms with Crippen molar-refractivity contribution in [3.8, 4) is 0 Å². The molecule has 1 fully saturated rings. The molecule has 0 heterocycles. The molecule has 2 nitrogen and oxygen atoms in total. The molecule has 2 rings (SSSR count). The second-order valence-corrected chi connectivity index (χ2v) is 5.56. The maximum atomic E-state index is 13.5. The van der Waals surface area contributed by atoms with Crippen LogP contribution in [-0.4, -0.2) is 19.3 Å². The maximum absolute atomic E-state index is 13.5. The fourth-order valence-electron chi connectivity index (χ4n) is 2.96. The molecule has 3 heteroatoms. The van der Waals surface area contributed by atoms with E-state index in [4.69, 9.17) is 4.74 Å². The largest absolute Gasteiger partial charge is 0.378 e. The van der Waals surface area contributed by atoms with Crippen molar-refractivity contribution in [1.82, 2.24) is 5.32 Å². The van der Waals surface area contributed by atoms with E-state index in [0.29, 0.717) is 0 Å². The van der Waals surface area contributed by atoms with Gasteiger partial charge in [0.1, 0.15) is 5.82 Å². The van der Waals surface area contributed by atoms with Crippen LogP contribution in [0.2, 0.25) is 0 Å². The normalized spacial score (nSPS) is 18.9. The van der Waals surface area contributed by atoms with Crippen molar-refractivity contribution in [1.29, 1.82) is 0 Å². The maximum Gasteiger partial charge on any atom is 0.123 e. The summed E-state index contributed by atoms with van der Waals surface area (Å²) in [4.78, 5) is 0. The number of aryl methyl sites for hydroxylation is 1. The summed E-state index contributed by atoms with van der Waals surface area (Å²) < 4.78 is 19.2. The molecule has 106 valence electrons. The van der Waals surface area contributed by atoms with Crippen LogP contribution in [-0.2, 0) is 4.74 Å². The monoisotopic (exact) mass is 265 g/mol. The number of benzene rings is 1. The number of ether oxygens (including phenoxy) is 1. The number of hydrogen-bond acceptors (Lipinski definition) is 2. The number of nitrogens with one attached hydrogen (secondary N) is 1. The Morgan fingerprint density at radius 1 is 1.42 bits per heavy atom. The van der Waals surface area contributed by atoms with Gasteiger partial charge in [0.25, 0.3) is 0 Å². The molecule has 19 heavy (non-hydrogen) atoms. The van der Waals surface area contributed by atoms with Gasteiger partial charge in [0, 0.05) is 13.2 Å². The van der Waals surface area contributed by atoms with Crippen molar-refractivity contribution in [3.63, 3.8) is 0 Å². The van der Waals surface area contributed by atoms with Crippen LogP contribution in [0.4, 0.5) is 4.39 Å². The van der Waals surface area contributed by atoms with Crippen LogP contribution < -0.4 is 5.32 Å². The van der Waals surface area contributed by atoms with E-state index in [2.05, 4.69) is 12.2 Å². The first-order chi connectivity index (χ1) is 9.10. The van der Waals surface area contributed by atoms with Gasteiger partial charge < -0.3 is 10.1 Å². The van der Waals surface area contributed by atoms with Crippen molar-refractivity contribution in [3.05, 3.63) is 35.1 Å². The van der Waals surface area contributed by atoms with Crippen molar-refractivity contribution >= 4 is 0 Å². The Bertz CT molecular complexity index is 423. The van der Waals surface area contributed by atoms with Crippen molar-refractivity contribution in [2.75, 3.05) is 13.7 Å². The first kappa shape index (κ1) is 14.5. The highest BCUT2D eigenvalue weighted by Crippen LogP contribution is 2.42. The highest BCUT2D eigenvalue weighted by atomic mass is 19.1. The zero-order valence-electron chi connectivity index (χ0n) is 12.1. The van der Waals surface area contributed by atoms with Gasteiger partial charge in [-0.2, -0.15) is 0 Å². The number of rotatable bonds is 6. The molecule has 1 unspecified atom stereocenters. The summed E-state index contributed by atoms with van der Waals surface area (Å²) in [5, 5.41) is 3.48. The van der Waals surface area contributed by atoms with Crippen LogP contribution in [0.5, 0.6) is 0 Å². The van der Waals surface area contributed by atoms with Crippen LogP contribution in [0, 0.1) is 12.7 Å². The van der Waals surface area contributed by atoms with Gasteiger partial charge in [-0.15, -0.1) is 0 Å². The van der Waals surface area contributed by atoms with Crippen molar-refractivity contribution < 1.29 is 9.13 Å². The Labute approximate surface area is 115 Å². The van der Waals surface area contributed by atoms with Crippen LogP contribution in [0.15, 0.2) is 18.2 Å². The summed E-state index contributed by atoms with van der Waals surface area (Å²) >= 11 is 0. The van der Waals surface area contributed by atoms with Gasteiger partial charge in [-0.05, 0) is 62.4 Å². The van der Waals surface area contributed by atoms with Gasteiger partial charge >= 0.3 is 0 Å². The van der Waals surface area contributed by atoms with Gasteiger partial charge in [-0.25, -0.2) is 4.39 Å². The summed E-state index contributed by atoms with van der Waals surface area (Å²) in [6, 6.07) is 5.21. The molecule has 0 amide bonds. The molecular weight excluding hydrogens is 241 g/mol. The predicted molar refractivity (Wildman–Crippen MR) is 75.8 cm³/mol. The summed E-state index contributed by atoms with van der Waals surface area (Å²) in [5.41, 5.74) is 2.19. The Balaban J connectivity index is 2.21. The topological polar surface area (TPSA) is 21.3 Å². The Kier molecular flexibility index (Phi) is 4.58. The van der Waals surface area contributed by atoms with Crippen molar-refractivity contribution in [2.45, 2.75) is 51.2 Å². The Morgan fingerprint density at radius 3 is 2.68 bits per heavy atom. The van der Waals surface area contributed by atoms with E-state index in [1.54, 1.807) is 13.2 Å². The van der Waals surface area contributed by atoms with E-state index in [1.165, 1.54) is 12.5 Å². The van der Waals surface area contributed by atoms with Crippen LogP contribution in [0.25, 0.3) is 0 Å². The van der Waals surface area contributed by atoms with E-state index in [-0.39, 0.29) is 17.5 Å². The summed E-state index contributed by atoms with van der Waals surface area (Å²) in [6.45, 7) is 5.00. The van der Waals surface area contributed by atoms with E-state index >= 15 is 0 Å². The van der Waals surface area contributed by atoms with E-state index in [0.717, 1.165) is 36.9 Å². The Hall–Kier alpha value is -0.930. The lowest BCUT2D eigenvalue weighted by Crippen LogP contribution is -2.43. The van der Waals surface area contributed by atoms with Crippen LogP contribution in [0.3, 0.4) is 0 Å². The minimum Gasteiger partial charge on any atom is -0.378 e. The molecule has 1 aliphatic carbocycles. The number of hydrogen-bond donors (Lipinski definition) is 1. The number of methoxy groups -OCH3 is 1. The van der Waals surface area contributed by atoms with Crippen molar-refractivity contribution in [2.24, 2.45) is 0 Å². The molecule has 1 atom stereocenters. The average molecular weight is 265 g/mol. The molecule has 0 bridgehead atoms. The predicted octanol–water partition coefficient (Wildman–Crippen LogP) is 3.74. The third-order valence-electron chi connectivity index (χ3n) is 4.34. The summed E-state index contributed by atoms with van der Waals surface area (Å²) in [5.74, 6) is -0.163. The molecule has 1 aromatic rings. The first-order valence-electron chi connectivity index (χ1n) is 7.15. The standard InChI is InChI=1S/C16H24FNO/c1-4-18-15(11-16(19-3)8-5-9-16)14-10-13(17)7-6-12(14)2/h6-7,10,15,18H,4-5,8-9,11H2,1-3H3. The SMILES string of the molecule is CCNC(CC1(OC)CCC1)c1cc(F)ccc1C. The van der Waals surface area contributed by atoms with Gasteiger partial charge in [0.15, 0.2) is 0 Å². The number of halogens is 1. The van der Waals surface area contributed by atoms with E-state index in [9.17, 15) is 4.39 Å². The van der Waals surface area contributed by atoms with E-state index < -0.39 is 0 Å². The molecular formula is C16H24FNO. The van der Waals surface area contributed by atoms with E-state index in [1.807, 2.05) is 13.0 Å².